The first-order valence-corrected chi connectivity index (χ1v) is 5.97. The zero-order valence-electron chi connectivity index (χ0n) is 8.89. The smallest absolute Gasteiger partial charge is 0.293 e. The number of hydrogen-bond acceptors (Lipinski definition) is 5. The Morgan fingerprint density at radius 2 is 1.73 bits per heavy atom. The predicted molar refractivity (Wildman–Crippen MR) is 59.0 cm³/mol. The van der Waals surface area contributed by atoms with Crippen molar-refractivity contribution in [1.29, 1.82) is 0 Å². The third-order valence-corrected chi connectivity index (χ3v) is 2.17. The standard InChI is InChI=1S/C6H10O.C3H8O4S/c1-3-5-7-6-4-2;1-2-3-8(5,6)7-4/h3-4H,1-2,5-6H2;4H,2-3H2,1H3. The van der Waals surface area contributed by atoms with Crippen LogP contribution in [0.3, 0.4) is 0 Å². The maximum Gasteiger partial charge on any atom is 0.293 e. The van der Waals surface area contributed by atoms with Crippen LogP contribution in [0.25, 0.3) is 0 Å². The first-order chi connectivity index (χ1) is 7.04. The van der Waals surface area contributed by atoms with Gasteiger partial charge in [0.15, 0.2) is 0 Å². The minimum Gasteiger partial charge on any atom is -0.373 e. The maximum atomic E-state index is 10.1. The molecule has 15 heavy (non-hydrogen) atoms. The Morgan fingerprint density at radius 1 is 1.27 bits per heavy atom. The average Bonchev–Trinajstić information content (AvgIpc) is 2.20. The van der Waals surface area contributed by atoms with E-state index >= 15 is 0 Å². The van der Waals surface area contributed by atoms with E-state index in [1.807, 2.05) is 0 Å². The second kappa shape index (κ2) is 11.4. The molecule has 0 radical (unpaired) electrons. The third kappa shape index (κ3) is 16.0. The molecule has 5 nitrogen and oxygen atoms in total. The molecule has 0 unspecified atom stereocenters. The van der Waals surface area contributed by atoms with E-state index < -0.39 is 10.1 Å². The SMILES string of the molecule is C=CCOCC=C.CCCS(=O)(=O)OO. The van der Waals surface area contributed by atoms with Gasteiger partial charge >= 0.3 is 0 Å². The monoisotopic (exact) mass is 238 g/mol. The molecule has 0 aromatic rings. The zero-order chi connectivity index (χ0) is 12.2. The lowest BCUT2D eigenvalue weighted by Crippen LogP contribution is -2.06. The van der Waals surface area contributed by atoms with Crippen molar-refractivity contribution in [2.45, 2.75) is 13.3 Å². The summed E-state index contributed by atoms with van der Waals surface area (Å²) in [5.74, 6) is -0.135. The van der Waals surface area contributed by atoms with Gasteiger partial charge < -0.3 is 4.74 Å². The molecule has 0 aliphatic carbocycles. The van der Waals surface area contributed by atoms with Crippen LogP contribution >= 0.6 is 0 Å². The summed E-state index contributed by atoms with van der Waals surface area (Å²) < 4.78 is 28.3. The molecule has 0 aromatic heterocycles. The average molecular weight is 238 g/mol. The van der Waals surface area contributed by atoms with E-state index in [0.29, 0.717) is 19.6 Å². The Balaban J connectivity index is 0. The Labute approximate surface area is 91.1 Å². The maximum absolute atomic E-state index is 10.1. The van der Waals surface area contributed by atoms with E-state index in [2.05, 4.69) is 17.5 Å². The number of hydrogen-bond donors (Lipinski definition) is 1. The molecule has 0 aliphatic rings. The highest BCUT2D eigenvalue weighted by Crippen LogP contribution is 1.90. The van der Waals surface area contributed by atoms with Crippen molar-refractivity contribution in [3.63, 3.8) is 0 Å². The molecule has 0 saturated carbocycles. The quantitative estimate of drug-likeness (QED) is 0.315. The molecular weight excluding hydrogens is 220 g/mol. The van der Waals surface area contributed by atoms with Crippen molar-refractivity contribution in [2.75, 3.05) is 19.0 Å². The molecular formula is C9H18O5S. The minimum atomic E-state index is -3.61. The van der Waals surface area contributed by atoms with Crippen LogP contribution in [0.15, 0.2) is 25.3 Å². The largest absolute Gasteiger partial charge is 0.373 e. The van der Waals surface area contributed by atoms with Crippen molar-refractivity contribution < 1.29 is 22.7 Å². The summed E-state index contributed by atoms with van der Waals surface area (Å²) in [7, 11) is -3.61. The second-order valence-corrected chi connectivity index (χ2v) is 4.12. The van der Waals surface area contributed by atoms with Gasteiger partial charge in [-0.15, -0.1) is 17.5 Å². The molecule has 90 valence electrons. The molecule has 0 heterocycles. The van der Waals surface area contributed by atoms with Gasteiger partial charge in [-0.05, 0) is 6.42 Å². The Hall–Kier alpha value is -0.690. The summed E-state index contributed by atoms with van der Waals surface area (Å²) in [6, 6.07) is 0. The van der Waals surface area contributed by atoms with Gasteiger partial charge in [0.25, 0.3) is 10.1 Å². The summed E-state index contributed by atoms with van der Waals surface area (Å²) in [4.78, 5) is 0. The first kappa shape index (κ1) is 16.7. The van der Waals surface area contributed by atoms with Gasteiger partial charge in [0.1, 0.15) is 0 Å². The normalized spacial score (nSPS) is 10.0. The molecule has 1 N–H and O–H groups in total. The minimum absolute atomic E-state index is 0.135. The molecule has 0 atom stereocenters. The predicted octanol–water partition coefficient (Wildman–Crippen LogP) is 1.59. The van der Waals surface area contributed by atoms with E-state index in [4.69, 9.17) is 9.99 Å². The lowest BCUT2D eigenvalue weighted by molar-refractivity contribution is -0.130. The van der Waals surface area contributed by atoms with Gasteiger partial charge in [0, 0.05) is 0 Å². The van der Waals surface area contributed by atoms with E-state index in [-0.39, 0.29) is 5.75 Å². The molecule has 0 amide bonds. The van der Waals surface area contributed by atoms with Gasteiger partial charge in [-0.2, -0.15) is 8.42 Å². The summed E-state index contributed by atoms with van der Waals surface area (Å²) in [5.41, 5.74) is 0. The van der Waals surface area contributed by atoms with Gasteiger partial charge in [-0.1, -0.05) is 19.1 Å². The van der Waals surface area contributed by atoms with E-state index in [0.717, 1.165) is 0 Å². The lowest BCUT2D eigenvalue weighted by Gasteiger charge is -1.92. The van der Waals surface area contributed by atoms with E-state index in [1.165, 1.54) is 0 Å². The van der Waals surface area contributed by atoms with Crippen LogP contribution < -0.4 is 0 Å². The van der Waals surface area contributed by atoms with Crippen molar-refractivity contribution in [1.82, 2.24) is 0 Å². The van der Waals surface area contributed by atoms with Crippen molar-refractivity contribution >= 4 is 10.1 Å². The summed E-state index contributed by atoms with van der Waals surface area (Å²) in [5, 5.41) is 7.64. The fourth-order valence-corrected chi connectivity index (χ4v) is 1.10. The van der Waals surface area contributed by atoms with Crippen molar-refractivity contribution in [3.05, 3.63) is 25.3 Å². The Kier molecular flexibility index (Phi) is 12.7. The summed E-state index contributed by atoms with van der Waals surface area (Å²) in [6.07, 6.45) is 3.87. The van der Waals surface area contributed by atoms with Crippen LogP contribution in [0, 0.1) is 0 Å². The molecule has 0 bridgehead atoms. The highest BCUT2D eigenvalue weighted by molar-refractivity contribution is 7.86. The summed E-state index contributed by atoms with van der Waals surface area (Å²) >= 11 is 0. The zero-order valence-corrected chi connectivity index (χ0v) is 9.70. The fraction of sp³-hybridized carbons (Fsp3) is 0.556. The molecule has 0 spiro atoms. The Morgan fingerprint density at radius 3 is 1.93 bits per heavy atom. The highest BCUT2D eigenvalue weighted by atomic mass is 32.2. The first-order valence-electron chi connectivity index (χ1n) is 4.39. The third-order valence-electron chi connectivity index (χ3n) is 1.04. The molecule has 0 rings (SSSR count). The van der Waals surface area contributed by atoms with Crippen LogP contribution in [-0.4, -0.2) is 32.6 Å². The van der Waals surface area contributed by atoms with Crippen LogP contribution in [0.2, 0.25) is 0 Å². The van der Waals surface area contributed by atoms with Gasteiger partial charge in [0.05, 0.1) is 19.0 Å². The summed E-state index contributed by atoms with van der Waals surface area (Å²) in [6.45, 7) is 9.86. The van der Waals surface area contributed by atoms with Crippen molar-refractivity contribution in [3.8, 4) is 0 Å². The molecule has 0 fully saturated rings. The molecule has 0 aliphatic heterocycles. The van der Waals surface area contributed by atoms with Crippen LogP contribution in [-0.2, 0) is 19.2 Å². The van der Waals surface area contributed by atoms with Crippen molar-refractivity contribution in [2.24, 2.45) is 0 Å². The fourth-order valence-electron chi connectivity index (χ4n) is 0.522. The topological polar surface area (TPSA) is 72.8 Å². The van der Waals surface area contributed by atoms with Gasteiger partial charge in [0.2, 0.25) is 0 Å². The second-order valence-electron chi connectivity index (χ2n) is 2.45. The van der Waals surface area contributed by atoms with Crippen LogP contribution in [0.1, 0.15) is 13.3 Å². The van der Waals surface area contributed by atoms with Crippen LogP contribution in [0.4, 0.5) is 0 Å². The highest BCUT2D eigenvalue weighted by Gasteiger charge is 2.06. The molecule has 0 saturated heterocycles. The van der Waals surface area contributed by atoms with Gasteiger partial charge in [-0.3, -0.25) is 0 Å². The Bertz CT molecular complexity index is 237. The number of rotatable bonds is 7. The van der Waals surface area contributed by atoms with Crippen LogP contribution in [0.5, 0.6) is 0 Å². The number of ether oxygens (including phenoxy) is 1. The van der Waals surface area contributed by atoms with E-state index in [1.54, 1.807) is 19.1 Å². The lowest BCUT2D eigenvalue weighted by atomic mass is 10.6. The molecule has 6 heteroatoms. The van der Waals surface area contributed by atoms with Gasteiger partial charge in [-0.25, -0.2) is 5.26 Å². The molecule has 0 aromatic carbocycles. The van der Waals surface area contributed by atoms with E-state index in [9.17, 15) is 8.42 Å².